The number of hydrogen-bond acceptors (Lipinski definition) is 5. The summed E-state index contributed by atoms with van der Waals surface area (Å²) in [5.74, 6) is -0.685. The molecule has 7 nitrogen and oxygen atoms in total. The zero-order valence-corrected chi connectivity index (χ0v) is 10.6. The molecule has 0 aliphatic rings. The lowest BCUT2D eigenvalue weighted by Gasteiger charge is -2.09. The number of hydrogen-bond donors (Lipinski definition) is 2. The number of nitro benzene ring substituents is 1. The second-order valence-electron chi connectivity index (χ2n) is 3.77. The largest absolute Gasteiger partial charge is 0.487 e. The van der Waals surface area contributed by atoms with E-state index in [0.29, 0.717) is 25.3 Å². The van der Waals surface area contributed by atoms with Gasteiger partial charge in [0.15, 0.2) is 5.75 Å². The van der Waals surface area contributed by atoms with Crippen molar-refractivity contribution in [1.29, 1.82) is 0 Å². The van der Waals surface area contributed by atoms with Crippen molar-refractivity contribution in [2.45, 2.75) is 19.8 Å². The third-order valence-electron chi connectivity index (χ3n) is 2.36. The van der Waals surface area contributed by atoms with Crippen LogP contribution >= 0.6 is 0 Å². The molecule has 1 aromatic rings. The Labute approximate surface area is 110 Å². The number of aliphatic carboxylic acids is 1. The van der Waals surface area contributed by atoms with E-state index in [1.807, 2.05) is 0 Å². The van der Waals surface area contributed by atoms with Gasteiger partial charge in [-0.05, 0) is 25.5 Å². The van der Waals surface area contributed by atoms with Gasteiger partial charge >= 0.3 is 11.7 Å². The van der Waals surface area contributed by atoms with Crippen LogP contribution in [0.1, 0.15) is 19.8 Å². The van der Waals surface area contributed by atoms with Crippen molar-refractivity contribution in [1.82, 2.24) is 0 Å². The molecule has 0 unspecified atom stereocenters. The quantitative estimate of drug-likeness (QED) is 0.426. The van der Waals surface area contributed by atoms with Crippen molar-refractivity contribution in [2.75, 3.05) is 18.5 Å². The lowest BCUT2D eigenvalue weighted by atomic mass is 10.2. The van der Waals surface area contributed by atoms with Gasteiger partial charge in [-0.15, -0.1) is 0 Å². The lowest BCUT2D eigenvalue weighted by Crippen LogP contribution is -2.07. The molecule has 0 radical (unpaired) electrons. The number of ether oxygens (including phenoxy) is 1. The molecule has 19 heavy (non-hydrogen) atoms. The highest BCUT2D eigenvalue weighted by molar-refractivity contribution is 5.69. The van der Waals surface area contributed by atoms with Crippen LogP contribution < -0.4 is 10.1 Å². The van der Waals surface area contributed by atoms with Gasteiger partial charge in [0.1, 0.15) is 5.69 Å². The zero-order chi connectivity index (χ0) is 14.3. The molecule has 2 N–H and O–H groups in total. The first kappa shape index (κ1) is 14.7. The number of para-hydroxylation sites is 1. The van der Waals surface area contributed by atoms with Gasteiger partial charge in [-0.25, -0.2) is 0 Å². The summed E-state index contributed by atoms with van der Waals surface area (Å²) < 4.78 is 5.21. The van der Waals surface area contributed by atoms with Crippen molar-refractivity contribution in [3.05, 3.63) is 28.3 Å². The molecule has 0 bridgehead atoms. The van der Waals surface area contributed by atoms with Gasteiger partial charge in [0.25, 0.3) is 0 Å². The Hall–Kier alpha value is -2.31. The molecule has 0 aromatic heterocycles. The molecular weight excluding hydrogens is 252 g/mol. The predicted octanol–water partition coefficient (Wildman–Crippen LogP) is 2.27. The Morgan fingerprint density at radius 1 is 1.53 bits per heavy atom. The normalized spacial score (nSPS) is 9.95. The van der Waals surface area contributed by atoms with Crippen molar-refractivity contribution >= 4 is 17.3 Å². The van der Waals surface area contributed by atoms with Gasteiger partial charge < -0.3 is 15.2 Å². The number of benzene rings is 1. The molecule has 0 fully saturated rings. The van der Waals surface area contributed by atoms with E-state index in [2.05, 4.69) is 5.32 Å². The first-order chi connectivity index (χ1) is 9.06. The van der Waals surface area contributed by atoms with Crippen molar-refractivity contribution in [2.24, 2.45) is 0 Å². The predicted molar refractivity (Wildman–Crippen MR) is 69.6 cm³/mol. The van der Waals surface area contributed by atoms with Crippen LogP contribution in [-0.4, -0.2) is 29.2 Å². The van der Waals surface area contributed by atoms with E-state index >= 15 is 0 Å². The molecule has 0 amide bonds. The summed E-state index contributed by atoms with van der Waals surface area (Å²) in [6.07, 6.45) is 0.414. The third kappa shape index (κ3) is 4.46. The maximum absolute atomic E-state index is 11.0. The van der Waals surface area contributed by atoms with E-state index in [-0.39, 0.29) is 17.9 Å². The minimum absolute atomic E-state index is 0.0198. The molecule has 0 atom stereocenters. The van der Waals surface area contributed by atoms with E-state index in [0.717, 1.165) is 0 Å². The summed E-state index contributed by atoms with van der Waals surface area (Å²) in [4.78, 5) is 20.9. The summed E-state index contributed by atoms with van der Waals surface area (Å²) in [6.45, 7) is 2.43. The fraction of sp³-hybridized carbons (Fsp3) is 0.417. The van der Waals surface area contributed by atoms with Crippen LogP contribution in [0.3, 0.4) is 0 Å². The van der Waals surface area contributed by atoms with E-state index in [4.69, 9.17) is 9.84 Å². The topological polar surface area (TPSA) is 102 Å². The number of nitrogens with zero attached hydrogens (tertiary/aromatic N) is 1. The van der Waals surface area contributed by atoms with Gasteiger partial charge in [0.2, 0.25) is 0 Å². The average molecular weight is 268 g/mol. The number of nitro groups is 1. The monoisotopic (exact) mass is 268 g/mol. The first-order valence-electron chi connectivity index (χ1n) is 5.92. The number of carboxylic acid groups (broad SMARTS) is 1. The number of carboxylic acids is 1. The van der Waals surface area contributed by atoms with Crippen LogP contribution in [0.15, 0.2) is 18.2 Å². The van der Waals surface area contributed by atoms with Gasteiger partial charge in [0, 0.05) is 13.0 Å². The number of nitrogens with one attached hydrogen (secondary N) is 1. The molecule has 0 saturated carbocycles. The van der Waals surface area contributed by atoms with Crippen molar-refractivity contribution < 1.29 is 19.6 Å². The highest BCUT2D eigenvalue weighted by atomic mass is 16.6. The summed E-state index contributed by atoms with van der Waals surface area (Å²) in [5, 5.41) is 22.4. The number of rotatable bonds is 8. The molecule has 1 rings (SSSR count). The molecular formula is C12H16N2O5. The SMILES string of the molecule is CCOc1cccc(NCCCC(=O)O)c1[N+](=O)[O-]. The maximum Gasteiger partial charge on any atom is 0.333 e. The van der Waals surface area contributed by atoms with E-state index in [1.165, 1.54) is 6.07 Å². The Kier molecular flexibility index (Phi) is 5.59. The lowest BCUT2D eigenvalue weighted by molar-refractivity contribution is -0.384. The van der Waals surface area contributed by atoms with Crippen LogP contribution in [0.2, 0.25) is 0 Å². The highest BCUT2D eigenvalue weighted by Crippen LogP contribution is 2.34. The minimum Gasteiger partial charge on any atom is -0.487 e. The fourth-order valence-electron chi connectivity index (χ4n) is 1.59. The zero-order valence-electron chi connectivity index (χ0n) is 10.6. The third-order valence-corrected chi connectivity index (χ3v) is 2.36. The number of anilines is 1. The van der Waals surface area contributed by atoms with Crippen LogP contribution in [0, 0.1) is 10.1 Å². The summed E-state index contributed by atoms with van der Waals surface area (Å²) in [6, 6.07) is 4.75. The minimum atomic E-state index is -0.889. The van der Waals surface area contributed by atoms with E-state index in [9.17, 15) is 14.9 Å². The Morgan fingerprint density at radius 2 is 2.26 bits per heavy atom. The smallest absolute Gasteiger partial charge is 0.333 e. The molecule has 1 aromatic carbocycles. The second kappa shape index (κ2) is 7.20. The van der Waals surface area contributed by atoms with Crippen LogP contribution in [-0.2, 0) is 4.79 Å². The van der Waals surface area contributed by atoms with Crippen LogP contribution in [0.4, 0.5) is 11.4 Å². The summed E-state index contributed by atoms with van der Waals surface area (Å²) in [7, 11) is 0. The van der Waals surface area contributed by atoms with Crippen molar-refractivity contribution in [3.63, 3.8) is 0 Å². The van der Waals surface area contributed by atoms with Gasteiger partial charge in [-0.1, -0.05) is 6.07 Å². The summed E-state index contributed by atoms with van der Waals surface area (Å²) in [5.41, 5.74) is 0.209. The standard InChI is InChI=1S/C12H16N2O5/c1-2-19-10-6-3-5-9(12(10)14(17)18)13-8-4-7-11(15)16/h3,5-6,13H,2,4,7-8H2,1H3,(H,15,16). The van der Waals surface area contributed by atoms with E-state index in [1.54, 1.807) is 19.1 Å². The van der Waals surface area contributed by atoms with E-state index < -0.39 is 10.9 Å². The Bertz CT molecular complexity index is 461. The molecule has 0 aliphatic heterocycles. The molecule has 0 spiro atoms. The van der Waals surface area contributed by atoms with Gasteiger partial charge in [0.05, 0.1) is 11.5 Å². The molecule has 104 valence electrons. The van der Waals surface area contributed by atoms with Gasteiger partial charge in [-0.2, -0.15) is 0 Å². The molecule has 0 heterocycles. The average Bonchev–Trinajstić information content (AvgIpc) is 2.34. The first-order valence-corrected chi connectivity index (χ1v) is 5.92. The summed E-state index contributed by atoms with van der Waals surface area (Å²) >= 11 is 0. The van der Waals surface area contributed by atoms with Crippen LogP contribution in [0.25, 0.3) is 0 Å². The van der Waals surface area contributed by atoms with Crippen LogP contribution in [0.5, 0.6) is 5.75 Å². The van der Waals surface area contributed by atoms with Crippen molar-refractivity contribution in [3.8, 4) is 5.75 Å². The highest BCUT2D eigenvalue weighted by Gasteiger charge is 2.20. The molecule has 7 heteroatoms. The van der Waals surface area contributed by atoms with Gasteiger partial charge in [-0.3, -0.25) is 14.9 Å². The number of carbonyl (C=O) groups is 1. The molecule has 0 aliphatic carbocycles. The molecule has 0 saturated heterocycles. The fourth-order valence-corrected chi connectivity index (χ4v) is 1.59. The Balaban J connectivity index is 2.78. The Morgan fingerprint density at radius 3 is 2.84 bits per heavy atom. The second-order valence-corrected chi connectivity index (χ2v) is 3.77. The maximum atomic E-state index is 11.0.